The van der Waals surface area contributed by atoms with Crippen LogP contribution in [0.2, 0.25) is 0 Å². The summed E-state index contributed by atoms with van der Waals surface area (Å²) in [5.74, 6) is 0.267. The van der Waals surface area contributed by atoms with Gasteiger partial charge in [0.25, 0.3) is 0 Å². The van der Waals surface area contributed by atoms with Crippen LogP contribution in [0.25, 0.3) is 0 Å². The largest absolute Gasteiger partial charge is 0.481 e. The number of aliphatic carboxylic acids is 1. The maximum atomic E-state index is 13.1. The summed E-state index contributed by atoms with van der Waals surface area (Å²) in [5.41, 5.74) is 2.94. The van der Waals surface area contributed by atoms with Crippen molar-refractivity contribution < 1.29 is 19.4 Å². The van der Waals surface area contributed by atoms with Gasteiger partial charge in [-0.15, -0.1) is 0 Å². The lowest BCUT2D eigenvalue weighted by Crippen LogP contribution is -2.67. The average molecular weight is 539 g/mol. The maximum absolute atomic E-state index is 13.1. The van der Waals surface area contributed by atoms with E-state index in [4.69, 9.17) is 9.47 Å². The number of allylic oxidation sites excluding steroid dienone is 4. The summed E-state index contributed by atoms with van der Waals surface area (Å²) in [7, 11) is 0. The molecule has 0 bridgehead atoms. The van der Waals surface area contributed by atoms with Gasteiger partial charge in [0, 0.05) is 11.8 Å². The molecule has 4 nitrogen and oxygen atoms in total. The first-order valence-corrected chi connectivity index (χ1v) is 16.0. The van der Waals surface area contributed by atoms with Crippen LogP contribution in [0, 0.1) is 50.2 Å². The van der Waals surface area contributed by atoms with E-state index >= 15 is 0 Å². The zero-order valence-electron chi connectivity index (χ0n) is 26.0. The molecule has 4 saturated carbocycles. The van der Waals surface area contributed by atoms with E-state index in [1.54, 1.807) is 0 Å². The Hall–Kier alpha value is -1.13. The number of carbonyl (C=O) groups is 1. The second-order valence-corrected chi connectivity index (χ2v) is 16.6. The van der Waals surface area contributed by atoms with E-state index in [-0.39, 0.29) is 33.0 Å². The molecule has 0 amide bonds. The van der Waals surface area contributed by atoms with Crippen LogP contribution in [0.1, 0.15) is 120 Å². The Labute approximate surface area is 237 Å². The number of hydrogen-bond acceptors (Lipinski definition) is 3. The molecule has 1 heterocycles. The molecule has 39 heavy (non-hydrogen) atoms. The van der Waals surface area contributed by atoms with E-state index in [9.17, 15) is 9.90 Å². The highest BCUT2D eigenvalue weighted by Gasteiger charge is 2.72. The van der Waals surface area contributed by atoms with Gasteiger partial charge in [0.15, 0.2) is 5.79 Å². The van der Waals surface area contributed by atoms with Crippen molar-refractivity contribution in [1.82, 2.24) is 0 Å². The number of hydrogen-bond donors (Lipinski definition) is 1. The number of carboxylic acid groups (broad SMARTS) is 1. The molecule has 1 saturated heterocycles. The van der Waals surface area contributed by atoms with Crippen molar-refractivity contribution in [3.05, 3.63) is 23.3 Å². The first-order valence-electron chi connectivity index (χ1n) is 16.0. The van der Waals surface area contributed by atoms with Gasteiger partial charge in [-0.3, -0.25) is 4.79 Å². The van der Waals surface area contributed by atoms with Crippen LogP contribution in [0.4, 0.5) is 0 Å². The second-order valence-electron chi connectivity index (χ2n) is 16.6. The predicted octanol–water partition coefficient (Wildman–Crippen LogP) is 8.56. The molecule has 1 aliphatic heterocycles. The van der Waals surface area contributed by atoms with E-state index in [1.807, 2.05) is 0 Å². The van der Waals surface area contributed by atoms with Crippen LogP contribution in [-0.4, -0.2) is 30.1 Å². The molecule has 0 aromatic rings. The van der Waals surface area contributed by atoms with Crippen molar-refractivity contribution in [2.75, 3.05) is 13.2 Å². The van der Waals surface area contributed by atoms with E-state index < -0.39 is 17.2 Å². The first kappa shape index (κ1) is 28.0. The lowest BCUT2D eigenvalue weighted by atomic mass is 9.32. The topological polar surface area (TPSA) is 55.8 Å². The Bertz CT molecular complexity index is 1110. The minimum absolute atomic E-state index is 0.0232. The second kappa shape index (κ2) is 8.46. The van der Waals surface area contributed by atoms with Gasteiger partial charge >= 0.3 is 5.97 Å². The van der Waals surface area contributed by atoms with Crippen molar-refractivity contribution in [2.24, 2.45) is 50.2 Å². The fourth-order valence-corrected chi connectivity index (χ4v) is 12.0. The molecule has 4 heteroatoms. The standard InChI is InChI=1S/C35H54O4/c1-9-10-23-21-26-31(6)14-18-35(38-19-20-39-35)30(4,5)25(31)11-12-32(26,7)33(8)15-17-34(28(36)37)16-13-29(2,3)22-24(34)27(23)33/h9-10,24-26H,11-22H2,1-8H3,(H,36,37)/b10-9-. The minimum atomic E-state index is -0.599. The quantitative estimate of drug-likeness (QED) is 0.383. The fourth-order valence-electron chi connectivity index (χ4n) is 12.0. The summed E-state index contributed by atoms with van der Waals surface area (Å²) in [6.45, 7) is 21.0. The molecular formula is C35H54O4. The number of fused-ring (bicyclic) bond motifs is 7. The SMILES string of the molecule is C/C=C\C1=C2C3CC(C)(C)CCC3(C(=O)O)CCC2(C)C2(C)CCC3C(C)(CCC4(OCCO4)C3(C)C)C2C1. The third-order valence-corrected chi connectivity index (χ3v) is 14.4. The minimum Gasteiger partial charge on any atom is -0.481 e. The van der Waals surface area contributed by atoms with Gasteiger partial charge in [0.2, 0.25) is 0 Å². The molecule has 6 aliphatic rings. The van der Waals surface area contributed by atoms with Crippen molar-refractivity contribution in [1.29, 1.82) is 0 Å². The molecule has 0 aromatic carbocycles. The van der Waals surface area contributed by atoms with E-state index in [0.717, 1.165) is 51.4 Å². The number of rotatable bonds is 2. The van der Waals surface area contributed by atoms with Gasteiger partial charge in [-0.05, 0) is 110 Å². The zero-order valence-corrected chi connectivity index (χ0v) is 26.0. The number of ether oxygens (including phenoxy) is 2. The smallest absolute Gasteiger partial charge is 0.310 e. The third-order valence-electron chi connectivity index (χ3n) is 14.4. The number of carboxylic acids is 1. The van der Waals surface area contributed by atoms with Gasteiger partial charge in [-0.2, -0.15) is 0 Å². The normalized spacial score (nSPS) is 47.8. The highest BCUT2D eigenvalue weighted by atomic mass is 16.7. The van der Waals surface area contributed by atoms with Gasteiger partial charge in [-0.25, -0.2) is 0 Å². The van der Waals surface area contributed by atoms with Crippen molar-refractivity contribution in [3.8, 4) is 0 Å². The molecule has 5 fully saturated rings. The molecule has 0 radical (unpaired) electrons. The highest BCUT2D eigenvalue weighted by Crippen LogP contribution is 2.77. The Kier molecular flexibility index (Phi) is 6.08. The molecule has 6 rings (SSSR count). The van der Waals surface area contributed by atoms with E-state index in [0.29, 0.717) is 25.0 Å². The maximum Gasteiger partial charge on any atom is 0.310 e. The average Bonchev–Trinajstić information content (AvgIpc) is 3.34. The molecular weight excluding hydrogens is 484 g/mol. The first-order chi connectivity index (χ1) is 18.1. The van der Waals surface area contributed by atoms with Crippen LogP contribution in [0.15, 0.2) is 23.3 Å². The molecule has 1 N–H and O–H groups in total. The van der Waals surface area contributed by atoms with Crippen LogP contribution in [0.3, 0.4) is 0 Å². The molecule has 5 aliphatic carbocycles. The van der Waals surface area contributed by atoms with Crippen LogP contribution >= 0.6 is 0 Å². The summed E-state index contributed by atoms with van der Waals surface area (Å²) in [4.78, 5) is 13.1. The van der Waals surface area contributed by atoms with Crippen LogP contribution in [0.5, 0.6) is 0 Å². The molecule has 1 spiro atoms. The van der Waals surface area contributed by atoms with E-state index in [1.165, 1.54) is 24.0 Å². The zero-order chi connectivity index (χ0) is 28.3. The summed E-state index contributed by atoms with van der Waals surface area (Å²) >= 11 is 0. The fraction of sp³-hybridized carbons (Fsp3) is 0.857. The Morgan fingerprint density at radius 1 is 0.872 bits per heavy atom. The van der Waals surface area contributed by atoms with Gasteiger partial charge in [0.1, 0.15) is 0 Å². The van der Waals surface area contributed by atoms with Crippen molar-refractivity contribution in [3.63, 3.8) is 0 Å². The lowest BCUT2D eigenvalue weighted by molar-refractivity contribution is -0.307. The van der Waals surface area contributed by atoms with E-state index in [2.05, 4.69) is 67.5 Å². The molecule has 218 valence electrons. The summed E-state index contributed by atoms with van der Waals surface area (Å²) < 4.78 is 12.9. The van der Waals surface area contributed by atoms with Crippen molar-refractivity contribution in [2.45, 2.75) is 125 Å². The van der Waals surface area contributed by atoms with Crippen molar-refractivity contribution >= 4 is 5.97 Å². The predicted molar refractivity (Wildman–Crippen MR) is 155 cm³/mol. The molecule has 0 aromatic heterocycles. The lowest BCUT2D eigenvalue weighted by Gasteiger charge is -2.72. The third kappa shape index (κ3) is 3.40. The monoisotopic (exact) mass is 538 g/mol. The van der Waals surface area contributed by atoms with Crippen LogP contribution < -0.4 is 0 Å². The Balaban J connectivity index is 1.50. The Morgan fingerprint density at radius 3 is 2.18 bits per heavy atom. The molecule has 7 atom stereocenters. The van der Waals surface area contributed by atoms with Gasteiger partial charge in [0.05, 0.1) is 18.6 Å². The van der Waals surface area contributed by atoms with Gasteiger partial charge in [-0.1, -0.05) is 66.2 Å². The molecule has 7 unspecified atom stereocenters. The van der Waals surface area contributed by atoms with Gasteiger partial charge < -0.3 is 14.6 Å². The summed E-state index contributed by atoms with van der Waals surface area (Å²) in [6, 6.07) is 0. The highest BCUT2D eigenvalue weighted by molar-refractivity contribution is 5.77. The Morgan fingerprint density at radius 2 is 1.54 bits per heavy atom. The van der Waals surface area contributed by atoms with Crippen LogP contribution in [-0.2, 0) is 14.3 Å². The summed E-state index contributed by atoms with van der Waals surface area (Å²) in [5, 5.41) is 10.8. The summed E-state index contributed by atoms with van der Waals surface area (Å²) in [6.07, 6.45) is 14.9.